The number of nitrogens with one attached hydrogen (secondary N) is 1. The summed E-state index contributed by atoms with van der Waals surface area (Å²) >= 11 is 0. The molecular weight excluding hydrogens is 509 g/mol. The number of carbonyl (C=O) groups excluding carboxylic acids is 1. The quantitative estimate of drug-likeness (QED) is 0.291. The molecule has 3 aromatic heterocycles. The predicted octanol–water partition coefficient (Wildman–Crippen LogP) is 4.20. The number of benzene rings is 2. The van der Waals surface area contributed by atoms with Crippen molar-refractivity contribution >= 4 is 27.8 Å². The Hall–Kier alpha value is -4.18. The molecule has 2 aromatic carbocycles. The molecular formula is C30H32FN7O2. The summed E-state index contributed by atoms with van der Waals surface area (Å²) in [6.07, 6.45) is 4.86. The summed E-state index contributed by atoms with van der Waals surface area (Å²) in [6, 6.07) is 13.5. The summed E-state index contributed by atoms with van der Waals surface area (Å²) in [7, 11) is 2.03. The number of alkyl halides is 1. The van der Waals surface area contributed by atoms with Crippen molar-refractivity contribution in [2.75, 3.05) is 19.8 Å². The number of nitrogens with two attached hydrogens (primary N) is 1. The van der Waals surface area contributed by atoms with E-state index < -0.39 is 12.7 Å². The molecule has 1 saturated carbocycles. The fourth-order valence-electron chi connectivity index (χ4n) is 5.81. The molecule has 1 unspecified atom stereocenters. The van der Waals surface area contributed by atoms with Gasteiger partial charge in [0.05, 0.1) is 34.0 Å². The van der Waals surface area contributed by atoms with E-state index in [2.05, 4.69) is 37.5 Å². The van der Waals surface area contributed by atoms with Crippen LogP contribution in [-0.2, 0) is 26.6 Å². The number of imidazole rings is 1. The minimum Gasteiger partial charge on any atom is -0.485 e. The summed E-state index contributed by atoms with van der Waals surface area (Å²) in [4.78, 5) is 20.0. The van der Waals surface area contributed by atoms with Crippen LogP contribution in [0.1, 0.15) is 34.5 Å². The number of H-pyrrole nitrogens is 1. The van der Waals surface area contributed by atoms with Crippen LogP contribution in [0.15, 0.2) is 48.7 Å². The van der Waals surface area contributed by atoms with Crippen molar-refractivity contribution in [1.29, 1.82) is 0 Å². The molecule has 1 amide bonds. The monoisotopic (exact) mass is 541 g/mol. The smallest absolute Gasteiger partial charge is 0.254 e. The van der Waals surface area contributed by atoms with Crippen LogP contribution in [0.4, 0.5) is 4.39 Å². The van der Waals surface area contributed by atoms with Crippen LogP contribution < -0.4 is 10.5 Å². The number of aromatic nitrogens is 5. The Balaban J connectivity index is 1.30. The molecule has 2 aliphatic rings. The van der Waals surface area contributed by atoms with Crippen LogP contribution in [0.25, 0.3) is 33.5 Å². The van der Waals surface area contributed by atoms with Gasteiger partial charge < -0.3 is 24.5 Å². The molecule has 206 valence electrons. The average molecular weight is 542 g/mol. The molecule has 0 saturated heterocycles. The number of aryl methyl sites for hydroxylation is 1. The zero-order chi connectivity index (χ0) is 27.4. The largest absolute Gasteiger partial charge is 0.485 e. The van der Waals surface area contributed by atoms with E-state index in [1.54, 1.807) is 11.1 Å². The highest BCUT2D eigenvalue weighted by Gasteiger charge is 2.29. The lowest BCUT2D eigenvalue weighted by Crippen LogP contribution is -2.45. The number of fused-ring (bicyclic) bond motifs is 3. The van der Waals surface area contributed by atoms with Gasteiger partial charge in [-0.3, -0.25) is 9.89 Å². The Morgan fingerprint density at radius 1 is 1.23 bits per heavy atom. The van der Waals surface area contributed by atoms with Crippen LogP contribution in [0.2, 0.25) is 0 Å². The maximum Gasteiger partial charge on any atom is 0.254 e. The maximum absolute atomic E-state index is 13.2. The molecule has 10 heteroatoms. The molecule has 1 atom stereocenters. The second kappa shape index (κ2) is 9.78. The Morgan fingerprint density at radius 3 is 2.88 bits per heavy atom. The van der Waals surface area contributed by atoms with Crippen molar-refractivity contribution in [3.05, 3.63) is 65.5 Å². The number of amides is 1. The average Bonchev–Trinajstić information content (AvgIpc) is 3.34. The number of hydrogen-bond acceptors (Lipinski definition) is 5. The second-order valence-electron chi connectivity index (χ2n) is 11.1. The van der Waals surface area contributed by atoms with Crippen molar-refractivity contribution < 1.29 is 13.9 Å². The van der Waals surface area contributed by atoms with E-state index in [0.717, 1.165) is 57.0 Å². The summed E-state index contributed by atoms with van der Waals surface area (Å²) < 4.78 is 23.8. The van der Waals surface area contributed by atoms with Gasteiger partial charge in [-0.25, -0.2) is 9.37 Å². The summed E-state index contributed by atoms with van der Waals surface area (Å²) in [5, 5.41) is 8.08. The van der Waals surface area contributed by atoms with Crippen LogP contribution in [0.5, 0.6) is 5.75 Å². The Kier molecular flexibility index (Phi) is 6.07. The predicted molar refractivity (Wildman–Crippen MR) is 151 cm³/mol. The third-order valence-corrected chi connectivity index (χ3v) is 8.12. The van der Waals surface area contributed by atoms with Gasteiger partial charge in [0.2, 0.25) is 0 Å². The van der Waals surface area contributed by atoms with E-state index in [1.165, 1.54) is 12.8 Å². The molecule has 7 rings (SSSR count). The van der Waals surface area contributed by atoms with Gasteiger partial charge in [-0.1, -0.05) is 12.1 Å². The lowest BCUT2D eigenvalue weighted by atomic mass is 9.97. The van der Waals surface area contributed by atoms with Crippen molar-refractivity contribution in [3.8, 4) is 17.3 Å². The standard InChI is InChI=1S/C30H32FN7O2/c1-36-25-11-19-8-10-37(16-21(32)14-31)30(39)23(19)13-24(25)34-29(36)26-12-20-3-2-4-27(40-17-22-7-9-33-35-22)28(20)38(26)15-18-5-6-18/h2-4,7,9,11-13,18,21H,5-6,8,10,14-17,32H2,1H3,(H,33,35). The first kappa shape index (κ1) is 24.8. The third kappa shape index (κ3) is 4.32. The molecule has 4 heterocycles. The first-order chi connectivity index (χ1) is 19.5. The fourth-order valence-corrected chi connectivity index (χ4v) is 5.81. The van der Waals surface area contributed by atoms with Gasteiger partial charge in [-0.05, 0) is 61.1 Å². The van der Waals surface area contributed by atoms with Gasteiger partial charge in [0.25, 0.3) is 5.91 Å². The molecule has 40 heavy (non-hydrogen) atoms. The van der Waals surface area contributed by atoms with Crippen molar-refractivity contribution in [2.24, 2.45) is 18.7 Å². The second-order valence-corrected chi connectivity index (χ2v) is 11.1. The van der Waals surface area contributed by atoms with E-state index in [1.807, 2.05) is 31.3 Å². The molecule has 1 aliphatic carbocycles. The first-order valence-corrected chi connectivity index (χ1v) is 13.8. The van der Waals surface area contributed by atoms with Crippen LogP contribution in [0, 0.1) is 5.92 Å². The molecule has 0 spiro atoms. The fraction of sp³-hybridized carbons (Fsp3) is 0.367. The van der Waals surface area contributed by atoms with Gasteiger partial charge >= 0.3 is 0 Å². The number of ether oxygens (including phenoxy) is 1. The van der Waals surface area contributed by atoms with E-state index in [4.69, 9.17) is 15.5 Å². The van der Waals surface area contributed by atoms with Gasteiger partial charge in [-0.2, -0.15) is 5.10 Å². The lowest BCUT2D eigenvalue weighted by molar-refractivity contribution is 0.0725. The lowest BCUT2D eigenvalue weighted by Gasteiger charge is -2.30. The minimum absolute atomic E-state index is 0.110. The highest BCUT2D eigenvalue weighted by atomic mass is 19.1. The SMILES string of the molecule is Cn1c(-c2cc3cccc(OCc4ccn[nH]4)c3n2CC2CC2)nc2cc3c(cc21)CCN(CC(N)CF)C3=O. The zero-order valence-electron chi connectivity index (χ0n) is 22.4. The van der Waals surface area contributed by atoms with Crippen molar-refractivity contribution in [2.45, 2.75) is 38.5 Å². The topological polar surface area (TPSA) is 107 Å². The molecule has 5 aromatic rings. The highest BCUT2D eigenvalue weighted by molar-refractivity contribution is 6.01. The van der Waals surface area contributed by atoms with Gasteiger partial charge in [0.1, 0.15) is 19.0 Å². The Morgan fingerprint density at radius 2 is 2.10 bits per heavy atom. The number of rotatable bonds is 9. The van der Waals surface area contributed by atoms with Gasteiger partial charge in [-0.15, -0.1) is 0 Å². The normalized spacial score (nSPS) is 16.2. The zero-order valence-corrected chi connectivity index (χ0v) is 22.4. The molecule has 0 bridgehead atoms. The van der Waals surface area contributed by atoms with E-state index in [-0.39, 0.29) is 12.5 Å². The highest BCUT2D eigenvalue weighted by Crippen LogP contribution is 2.39. The number of hydrogen-bond donors (Lipinski definition) is 2. The first-order valence-electron chi connectivity index (χ1n) is 13.8. The van der Waals surface area contributed by atoms with Crippen LogP contribution >= 0.6 is 0 Å². The van der Waals surface area contributed by atoms with Gasteiger partial charge in [0, 0.05) is 43.8 Å². The van der Waals surface area contributed by atoms with E-state index in [9.17, 15) is 9.18 Å². The third-order valence-electron chi connectivity index (χ3n) is 8.12. The van der Waals surface area contributed by atoms with Crippen molar-refractivity contribution in [1.82, 2.24) is 29.2 Å². The van der Waals surface area contributed by atoms with Crippen LogP contribution in [-0.4, -0.2) is 60.9 Å². The summed E-state index contributed by atoms with van der Waals surface area (Å²) in [5.41, 5.74) is 12.2. The minimum atomic E-state index is -0.669. The van der Waals surface area contributed by atoms with Gasteiger partial charge in [0.15, 0.2) is 5.82 Å². The number of halogens is 1. The number of nitrogens with zero attached hydrogens (tertiary/aromatic N) is 5. The molecule has 3 N–H and O–H groups in total. The molecule has 1 fully saturated rings. The number of carbonyl (C=O) groups is 1. The summed E-state index contributed by atoms with van der Waals surface area (Å²) in [5.74, 6) is 2.19. The van der Waals surface area contributed by atoms with Crippen LogP contribution in [0.3, 0.4) is 0 Å². The molecule has 9 nitrogen and oxygen atoms in total. The Labute approximate surface area is 230 Å². The molecule has 1 aliphatic heterocycles. The maximum atomic E-state index is 13.2. The van der Waals surface area contributed by atoms with E-state index >= 15 is 0 Å². The summed E-state index contributed by atoms with van der Waals surface area (Å²) in [6.45, 7) is 1.40. The number of para-hydroxylation sites is 1. The number of aromatic amines is 1. The Bertz CT molecular complexity index is 1720. The van der Waals surface area contributed by atoms with Crippen molar-refractivity contribution in [3.63, 3.8) is 0 Å². The molecule has 0 radical (unpaired) electrons. The van der Waals surface area contributed by atoms with E-state index in [0.29, 0.717) is 31.1 Å².